The van der Waals surface area contributed by atoms with Crippen LogP contribution >= 0.6 is 0 Å². The number of hydrogen-bond donors (Lipinski definition) is 1. The molecule has 0 aromatic heterocycles. The van der Waals surface area contributed by atoms with Crippen molar-refractivity contribution in [1.29, 1.82) is 0 Å². The van der Waals surface area contributed by atoms with Gasteiger partial charge in [0.2, 0.25) is 0 Å². The van der Waals surface area contributed by atoms with E-state index < -0.39 is 0 Å². The van der Waals surface area contributed by atoms with Crippen LogP contribution in [0.1, 0.15) is 24.8 Å². The predicted octanol–water partition coefficient (Wildman–Crippen LogP) is 2.84. The molecule has 2 rings (SSSR count). The Hall–Kier alpha value is -2.30. The Labute approximate surface area is 130 Å². The van der Waals surface area contributed by atoms with Crippen LogP contribution in [-0.4, -0.2) is 25.6 Å². The molecule has 0 aliphatic heterocycles. The molecular formula is C17H21NO4. The largest absolute Gasteiger partial charge is 0.495 e. The molecule has 1 aliphatic carbocycles. The maximum Gasteiger partial charge on any atom is 0.309 e. The summed E-state index contributed by atoms with van der Waals surface area (Å²) in [5.74, 6) is -0.242. The zero-order chi connectivity index (χ0) is 15.9. The minimum absolute atomic E-state index is 0.133. The summed E-state index contributed by atoms with van der Waals surface area (Å²) in [6, 6.07) is 5.49. The van der Waals surface area contributed by atoms with Crippen LogP contribution in [0.5, 0.6) is 5.75 Å². The Balaban J connectivity index is 1.86. The topological polar surface area (TPSA) is 64.6 Å². The number of benzene rings is 1. The molecule has 1 atom stereocenters. The molecule has 5 nitrogen and oxygen atoms in total. The van der Waals surface area contributed by atoms with Gasteiger partial charge in [0, 0.05) is 0 Å². The van der Waals surface area contributed by atoms with E-state index in [9.17, 15) is 9.59 Å². The van der Waals surface area contributed by atoms with Crippen molar-refractivity contribution in [3.63, 3.8) is 0 Å². The summed E-state index contributed by atoms with van der Waals surface area (Å²) in [6.07, 6.45) is 6.38. The number of carbonyl (C=O) groups excluding carboxylic acids is 2. The van der Waals surface area contributed by atoms with Crippen LogP contribution in [0.2, 0.25) is 0 Å². The number of aryl methyl sites for hydroxylation is 1. The zero-order valence-corrected chi connectivity index (χ0v) is 12.9. The molecule has 0 heterocycles. The van der Waals surface area contributed by atoms with Crippen LogP contribution in [0.4, 0.5) is 5.69 Å². The number of esters is 1. The number of nitrogens with one attached hydrogen (secondary N) is 1. The van der Waals surface area contributed by atoms with E-state index in [4.69, 9.17) is 9.47 Å². The van der Waals surface area contributed by atoms with Crippen molar-refractivity contribution < 1.29 is 19.1 Å². The summed E-state index contributed by atoms with van der Waals surface area (Å²) in [5, 5.41) is 2.71. The van der Waals surface area contributed by atoms with Gasteiger partial charge in [-0.2, -0.15) is 0 Å². The van der Waals surface area contributed by atoms with Gasteiger partial charge in [0.05, 0.1) is 18.7 Å². The number of allylic oxidation sites excluding steroid dienone is 2. The number of carbonyl (C=O) groups is 2. The maximum atomic E-state index is 11.9. The van der Waals surface area contributed by atoms with E-state index in [1.54, 1.807) is 6.07 Å². The minimum Gasteiger partial charge on any atom is -0.495 e. The zero-order valence-electron chi connectivity index (χ0n) is 12.9. The highest BCUT2D eigenvalue weighted by atomic mass is 16.5. The molecule has 1 N–H and O–H groups in total. The highest BCUT2D eigenvalue weighted by Gasteiger charge is 2.21. The number of methoxy groups -OCH3 is 1. The third-order valence-corrected chi connectivity index (χ3v) is 3.58. The number of rotatable bonds is 5. The first-order valence-corrected chi connectivity index (χ1v) is 7.36. The van der Waals surface area contributed by atoms with Gasteiger partial charge in [0.1, 0.15) is 5.75 Å². The van der Waals surface area contributed by atoms with Crippen molar-refractivity contribution in [2.24, 2.45) is 5.92 Å². The first-order chi connectivity index (χ1) is 10.6. The Morgan fingerprint density at radius 1 is 1.32 bits per heavy atom. The molecule has 0 unspecified atom stereocenters. The molecule has 0 saturated heterocycles. The standard InChI is InChI=1S/C17H21NO4/c1-12-8-9-15(21-2)14(10-12)18-16(19)11-22-17(20)13-6-4-3-5-7-13/h3-4,8-10,13H,5-7,11H2,1-2H3,(H,18,19)/t13-/m1/s1. The van der Waals surface area contributed by atoms with Gasteiger partial charge in [-0.15, -0.1) is 0 Å². The van der Waals surface area contributed by atoms with E-state index in [1.807, 2.05) is 25.1 Å². The van der Waals surface area contributed by atoms with Gasteiger partial charge in [-0.3, -0.25) is 9.59 Å². The van der Waals surface area contributed by atoms with Crippen molar-refractivity contribution in [3.05, 3.63) is 35.9 Å². The van der Waals surface area contributed by atoms with Crippen LogP contribution < -0.4 is 10.1 Å². The third-order valence-electron chi connectivity index (χ3n) is 3.58. The SMILES string of the molecule is COc1ccc(C)cc1NC(=O)COC(=O)[C@@H]1CC=CCC1. The van der Waals surface area contributed by atoms with E-state index >= 15 is 0 Å². The lowest BCUT2D eigenvalue weighted by molar-refractivity contribution is -0.151. The van der Waals surface area contributed by atoms with Crippen molar-refractivity contribution in [2.75, 3.05) is 19.0 Å². The predicted molar refractivity (Wildman–Crippen MR) is 83.8 cm³/mol. The Morgan fingerprint density at radius 2 is 2.14 bits per heavy atom. The monoisotopic (exact) mass is 303 g/mol. The lowest BCUT2D eigenvalue weighted by Crippen LogP contribution is -2.25. The van der Waals surface area contributed by atoms with Gasteiger partial charge in [-0.05, 0) is 43.9 Å². The molecular weight excluding hydrogens is 282 g/mol. The molecule has 5 heteroatoms. The summed E-state index contributed by atoms with van der Waals surface area (Å²) in [6.45, 7) is 1.64. The van der Waals surface area contributed by atoms with Crippen LogP contribution in [0.15, 0.2) is 30.4 Å². The molecule has 0 radical (unpaired) electrons. The molecule has 118 valence electrons. The van der Waals surface area contributed by atoms with Gasteiger partial charge in [0.25, 0.3) is 5.91 Å². The number of amides is 1. The quantitative estimate of drug-likeness (QED) is 0.671. The maximum absolute atomic E-state index is 11.9. The molecule has 1 aromatic rings. The lowest BCUT2D eigenvalue weighted by atomic mass is 9.95. The molecule has 0 spiro atoms. The van der Waals surface area contributed by atoms with Gasteiger partial charge in [0.15, 0.2) is 6.61 Å². The second-order valence-corrected chi connectivity index (χ2v) is 5.34. The van der Waals surface area contributed by atoms with Crippen LogP contribution in [0.3, 0.4) is 0 Å². The summed E-state index contributed by atoms with van der Waals surface area (Å²) in [4.78, 5) is 23.8. The van der Waals surface area contributed by atoms with E-state index in [-0.39, 0.29) is 24.4 Å². The van der Waals surface area contributed by atoms with Crippen molar-refractivity contribution in [1.82, 2.24) is 0 Å². The highest BCUT2D eigenvalue weighted by molar-refractivity contribution is 5.94. The molecule has 22 heavy (non-hydrogen) atoms. The summed E-state index contributed by atoms with van der Waals surface area (Å²) >= 11 is 0. The van der Waals surface area contributed by atoms with Crippen molar-refractivity contribution in [2.45, 2.75) is 26.2 Å². The Morgan fingerprint density at radius 3 is 2.82 bits per heavy atom. The highest BCUT2D eigenvalue weighted by Crippen LogP contribution is 2.25. The van der Waals surface area contributed by atoms with Gasteiger partial charge in [-0.1, -0.05) is 18.2 Å². The van der Waals surface area contributed by atoms with E-state index in [0.717, 1.165) is 18.4 Å². The number of hydrogen-bond acceptors (Lipinski definition) is 4. The normalized spacial score (nSPS) is 16.9. The van der Waals surface area contributed by atoms with Gasteiger partial charge < -0.3 is 14.8 Å². The summed E-state index contributed by atoms with van der Waals surface area (Å²) < 4.78 is 10.3. The third kappa shape index (κ3) is 4.35. The Bertz CT molecular complexity index is 580. The number of ether oxygens (including phenoxy) is 2. The average molecular weight is 303 g/mol. The molecule has 0 fully saturated rings. The molecule has 0 bridgehead atoms. The van der Waals surface area contributed by atoms with E-state index in [2.05, 4.69) is 11.4 Å². The van der Waals surface area contributed by atoms with Gasteiger partial charge in [-0.25, -0.2) is 0 Å². The van der Waals surface area contributed by atoms with E-state index in [1.165, 1.54) is 7.11 Å². The van der Waals surface area contributed by atoms with Crippen molar-refractivity contribution >= 4 is 17.6 Å². The fourth-order valence-electron chi connectivity index (χ4n) is 2.37. The first-order valence-electron chi connectivity index (χ1n) is 7.36. The Kier molecular flexibility index (Phi) is 5.58. The minimum atomic E-state index is -0.372. The van der Waals surface area contributed by atoms with E-state index in [0.29, 0.717) is 17.9 Å². The molecule has 0 saturated carbocycles. The fraction of sp³-hybridized carbons (Fsp3) is 0.412. The summed E-state index contributed by atoms with van der Waals surface area (Å²) in [5.41, 5.74) is 1.58. The van der Waals surface area contributed by atoms with Gasteiger partial charge >= 0.3 is 5.97 Å². The van der Waals surface area contributed by atoms with Crippen LogP contribution in [0.25, 0.3) is 0 Å². The molecule has 1 aliphatic rings. The second kappa shape index (κ2) is 7.64. The average Bonchev–Trinajstić information content (AvgIpc) is 2.53. The van der Waals surface area contributed by atoms with Crippen LogP contribution in [-0.2, 0) is 14.3 Å². The second-order valence-electron chi connectivity index (χ2n) is 5.34. The number of anilines is 1. The molecule has 1 amide bonds. The molecule has 1 aromatic carbocycles. The fourth-order valence-corrected chi connectivity index (χ4v) is 2.37. The lowest BCUT2D eigenvalue weighted by Gasteiger charge is -2.16. The smallest absolute Gasteiger partial charge is 0.309 e. The summed E-state index contributed by atoms with van der Waals surface area (Å²) in [7, 11) is 1.54. The van der Waals surface area contributed by atoms with Crippen LogP contribution in [0, 0.1) is 12.8 Å². The van der Waals surface area contributed by atoms with Crippen molar-refractivity contribution in [3.8, 4) is 5.75 Å². The first kappa shape index (κ1) is 16.1.